The van der Waals surface area contributed by atoms with E-state index in [1.165, 1.54) is 0 Å². The number of aromatic nitrogens is 2. The van der Waals surface area contributed by atoms with Crippen LogP contribution in [0.15, 0.2) is 60.8 Å². The predicted octanol–water partition coefficient (Wildman–Crippen LogP) is 4.53. The zero-order valence-electron chi connectivity index (χ0n) is 17.3. The fraction of sp³-hybridized carbons (Fsp3) is 0.167. The molecule has 0 aliphatic heterocycles. The number of rotatable bonds is 6. The van der Waals surface area contributed by atoms with Gasteiger partial charge in [-0.1, -0.05) is 36.4 Å². The van der Waals surface area contributed by atoms with Gasteiger partial charge < -0.3 is 15.8 Å². The number of imidazole rings is 1. The summed E-state index contributed by atoms with van der Waals surface area (Å²) < 4.78 is 7.75. The average Bonchev–Trinajstić information content (AvgIpc) is 3.07. The highest BCUT2D eigenvalue weighted by Gasteiger charge is 2.21. The minimum atomic E-state index is -0.522. The van der Waals surface area contributed by atoms with Gasteiger partial charge in [0.2, 0.25) is 0 Å². The maximum atomic E-state index is 11.3. The monoisotopic (exact) mass is 400 g/mol. The van der Waals surface area contributed by atoms with Crippen LogP contribution in [0.3, 0.4) is 0 Å². The van der Waals surface area contributed by atoms with Crippen molar-refractivity contribution in [2.24, 2.45) is 5.73 Å². The first-order valence-electron chi connectivity index (χ1n) is 9.77. The third-order valence-corrected chi connectivity index (χ3v) is 5.10. The first kappa shape index (κ1) is 19.5. The topological polar surface area (TPSA) is 81.6 Å². The van der Waals surface area contributed by atoms with Gasteiger partial charge in [0.25, 0.3) is 5.91 Å². The molecule has 0 bridgehead atoms. The van der Waals surface area contributed by atoms with Crippen molar-refractivity contribution in [3.05, 3.63) is 77.5 Å². The van der Waals surface area contributed by atoms with Crippen molar-refractivity contribution < 1.29 is 9.53 Å². The fourth-order valence-corrected chi connectivity index (χ4v) is 3.63. The number of nitrogens with two attached hydrogens (primary N) is 1. The second-order valence-electron chi connectivity index (χ2n) is 7.33. The molecule has 0 saturated heterocycles. The lowest BCUT2D eigenvalue weighted by atomic mass is 10.0. The molecule has 0 atom stereocenters. The number of carbonyl (C=O) groups is 1. The Morgan fingerprint density at radius 3 is 2.43 bits per heavy atom. The number of ether oxygens (including phenoxy) is 1. The Labute approximate surface area is 175 Å². The van der Waals surface area contributed by atoms with Gasteiger partial charge in [-0.2, -0.15) is 0 Å². The van der Waals surface area contributed by atoms with E-state index in [2.05, 4.69) is 31.3 Å². The molecule has 0 aliphatic carbocycles. The Morgan fingerprint density at radius 2 is 1.70 bits per heavy atom. The Kier molecular flexibility index (Phi) is 5.14. The maximum absolute atomic E-state index is 11.3. The Hall–Kier alpha value is -3.80. The number of primary amides is 1. The van der Waals surface area contributed by atoms with Crippen LogP contribution in [0.1, 0.15) is 16.7 Å². The van der Waals surface area contributed by atoms with Crippen molar-refractivity contribution in [2.75, 3.05) is 11.9 Å². The second-order valence-corrected chi connectivity index (χ2v) is 7.33. The molecule has 0 fully saturated rings. The summed E-state index contributed by atoms with van der Waals surface area (Å²) in [5.41, 5.74) is 12.0. The number of fused-ring (bicyclic) bond motifs is 1. The summed E-state index contributed by atoms with van der Waals surface area (Å²) >= 11 is 0. The standard InChI is InChI=1S/C24H24N4O2/c1-15-8-7-11-18(30-14-19(25)29)21(15)23-24(28-13-5-4-12-20(28)26-23)27-22-16(2)9-6-10-17(22)3/h4-13,27H,14H2,1-3H3,(H2,25,29). The van der Waals surface area contributed by atoms with E-state index in [9.17, 15) is 4.79 Å². The molecule has 0 unspecified atom stereocenters. The second kappa shape index (κ2) is 7.91. The number of benzene rings is 2. The molecule has 0 radical (unpaired) electrons. The van der Waals surface area contributed by atoms with Crippen molar-refractivity contribution in [3.8, 4) is 17.0 Å². The number of anilines is 2. The number of nitrogens with one attached hydrogen (secondary N) is 1. The van der Waals surface area contributed by atoms with Gasteiger partial charge in [0.05, 0.1) is 0 Å². The fourth-order valence-electron chi connectivity index (χ4n) is 3.63. The molecule has 6 nitrogen and oxygen atoms in total. The molecule has 0 saturated carbocycles. The Balaban J connectivity index is 1.93. The summed E-state index contributed by atoms with van der Waals surface area (Å²) in [5, 5.41) is 3.60. The van der Waals surface area contributed by atoms with Gasteiger partial charge >= 0.3 is 0 Å². The lowest BCUT2D eigenvalue weighted by molar-refractivity contribution is -0.119. The van der Waals surface area contributed by atoms with E-state index in [-0.39, 0.29) is 6.61 Å². The quantitative estimate of drug-likeness (QED) is 0.498. The van der Waals surface area contributed by atoms with E-state index in [1.54, 1.807) is 0 Å². The third kappa shape index (κ3) is 3.59. The number of nitrogens with zero attached hydrogens (tertiary/aromatic N) is 2. The van der Waals surface area contributed by atoms with Gasteiger partial charge in [-0.3, -0.25) is 9.20 Å². The van der Waals surface area contributed by atoms with Crippen LogP contribution in [0.25, 0.3) is 16.9 Å². The van der Waals surface area contributed by atoms with E-state index in [0.29, 0.717) is 5.75 Å². The number of amides is 1. The van der Waals surface area contributed by atoms with Gasteiger partial charge in [-0.05, 0) is 55.7 Å². The van der Waals surface area contributed by atoms with Crippen LogP contribution < -0.4 is 15.8 Å². The van der Waals surface area contributed by atoms with Crippen LogP contribution in [-0.2, 0) is 4.79 Å². The summed E-state index contributed by atoms with van der Waals surface area (Å²) in [6, 6.07) is 17.8. The average molecular weight is 400 g/mol. The molecular formula is C24H24N4O2. The molecule has 0 spiro atoms. The van der Waals surface area contributed by atoms with E-state index in [1.807, 2.05) is 60.0 Å². The molecule has 30 heavy (non-hydrogen) atoms. The summed E-state index contributed by atoms with van der Waals surface area (Å²) in [4.78, 5) is 16.2. The van der Waals surface area contributed by atoms with Crippen molar-refractivity contribution in [1.82, 2.24) is 9.38 Å². The largest absolute Gasteiger partial charge is 0.483 e. The van der Waals surface area contributed by atoms with Crippen LogP contribution >= 0.6 is 0 Å². The van der Waals surface area contributed by atoms with E-state index in [4.69, 9.17) is 15.5 Å². The van der Waals surface area contributed by atoms with Crippen LogP contribution in [-0.4, -0.2) is 21.9 Å². The van der Waals surface area contributed by atoms with Crippen molar-refractivity contribution in [2.45, 2.75) is 20.8 Å². The zero-order valence-corrected chi connectivity index (χ0v) is 17.3. The summed E-state index contributed by atoms with van der Waals surface area (Å²) in [6.07, 6.45) is 1.98. The highest BCUT2D eigenvalue weighted by molar-refractivity contribution is 5.85. The molecule has 0 aliphatic rings. The molecule has 1 amide bonds. The number of carbonyl (C=O) groups excluding carboxylic acids is 1. The number of pyridine rings is 1. The number of hydrogen-bond acceptors (Lipinski definition) is 4. The minimum absolute atomic E-state index is 0.191. The molecule has 4 aromatic rings. The molecular weight excluding hydrogens is 376 g/mol. The van der Waals surface area contributed by atoms with Crippen molar-refractivity contribution in [3.63, 3.8) is 0 Å². The van der Waals surface area contributed by atoms with Crippen LogP contribution in [0.5, 0.6) is 5.75 Å². The SMILES string of the molecule is Cc1cccc(C)c1Nc1c(-c2c(C)cccc2OCC(N)=O)nc2ccccn12. The summed E-state index contributed by atoms with van der Waals surface area (Å²) in [7, 11) is 0. The van der Waals surface area contributed by atoms with Crippen LogP contribution in [0, 0.1) is 20.8 Å². The van der Waals surface area contributed by atoms with Crippen molar-refractivity contribution in [1.29, 1.82) is 0 Å². The van der Waals surface area contributed by atoms with Crippen LogP contribution in [0.2, 0.25) is 0 Å². The summed E-state index contributed by atoms with van der Waals surface area (Å²) in [6.45, 7) is 5.96. The lowest BCUT2D eigenvalue weighted by Gasteiger charge is -2.16. The van der Waals surface area contributed by atoms with Gasteiger partial charge in [0.1, 0.15) is 22.9 Å². The Morgan fingerprint density at radius 1 is 1.00 bits per heavy atom. The molecule has 6 heteroatoms. The molecule has 2 heterocycles. The third-order valence-electron chi connectivity index (χ3n) is 5.10. The van der Waals surface area contributed by atoms with E-state index in [0.717, 1.165) is 45.1 Å². The molecule has 4 rings (SSSR count). The number of aryl methyl sites for hydroxylation is 3. The minimum Gasteiger partial charge on any atom is -0.483 e. The maximum Gasteiger partial charge on any atom is 0.255 e. The first-order chi connectivity index (χ1) is 14.5. The molecule has 2 aromatic heterocycles. The zero-order chi connectivity index (χ0) is 21.3. The van der Waals surface area contributed by atoms with Gasteiger partial charge in [-0.15, -0.1) is 0 Å². The highest BCUT2D eigenvalue weighted by Crippen LogP contribution is 2.39. The molecule has 3 N–H and O–H groups in total. The lowest BCUT2D eigenvalue weighted by Crippen LogP contribution is -2.20. The number of hydrogen-bond donors (Lipinski definition) is 2. The highest BCUT2D eigenvalue weighted by atomic mass is 16.5. The normalized spacial score (nSPS) is 10.9. The van der Waals surface area contributed by atoms with Gasteiger partial charge in [0.15, 0.2) is 6.61 Å². The van der Waals surface area contributed by atoms with Crippen molar-refractivity contribution >= 4 is 23.1 Å². The first-order valence-corrected chi connectivity index (χ1v) is 9.77. The predicted molar refractivity (Wildman–Crippen MR) is 119 cm³/mol. The smallest absolute Gasteiger partial charge is 0.255 e. The summed E-state index contributed by atoms with van der Waals surface area (Å²) in [5.74, 6) is 0.884. The number of para-hydroxylation sites is 1. The molecule has 2 aromatic carbocycles. The van der Waals surface area contributed by atoms with Gasteiger partial charge in [-0.25, -0.2) is 4.98 Å². The molecule has 152 valence electrons. The van der Waals surface area contributed by atoms with E-state index >= 15 is 0 Å². The Bertz CT molecular complexity index is 1220. The van der Waals surface area contributed by atoms with Crippen LogP contribution in [0.4, 0.5) is 11.5 Å². The van der Waals surface area contributed by atoms with E-state index < -0.39 is 5.91 Å². The van der Waals surface area contributed by atoms with Gasteiger partial charge in [0, 0.05) is 17.4 Å².